The largest absolute Gasteiger partial charge is 0.300 e. The summed E-state index contributed by atoms with van der Waals surface area (Å²) in [6.45, 7) is 6.08. The molecule has 1 heteroatoms. The lowest BCUT2D eigenvalue weighted by Crippen LogP contribution is -2.01. The van der Waals surface area contributed by atoms with E-state index < -0.39 is 0 Å². The highest BCUT2D eigenvalue weighted by molar-refractivity contribution is 5.75. The van der Waals surface area contributed by atoms with E-state index >= 15 is 0 Å². The molecule has 0 rings (SSSR count). The van der Waals surface area contributed by atoms with Crippen LogP contribution in [0.4, 0.5) is 0 Å². The maximum atomic E-state index is 10.7. The van der Waals surface area contributed by atoms with E-state index in [0.717, 1.165) is 6.42 Å². The van der Waals surface area contributed by atoms with Crippen molar-refractivity contribution < 1.29 is 4.79 Å². The number of hydrogen-bond donors (Lipinski definition) is 0. The molecule has 0 bridgehead atoms. The van der Waals surface area contributed by atoms with Gasteiger partial charge in [0.25, 0.3) is 0 Å². The van der Waals surface area contributed by atoms with Crippen molar-refractivity contribution in [1.29, 1.82) is 0 Å². The molecular weight excluding hydrogens is 148 g/mol. The number of unbranched alkanes of at least 4 members (excludes halogenated alkanes) is 3. The third kappa shape index (κ3) is 7.77. The van der Waals surface area contributed by atoms with Gasteiger partial charge < -0.3 is 4.79 Å². The third-order valence-corrected chi connectivity index (χ3v) is 2.19. The summed E-state index contributed by atoms with van der Waals surface area (Å²) in [4.78, 5) is 10.7. The molecule has 0 aliphatic heterocycles. The Bertz CT molecular complexity index is 118. The zero-order valence-corrected chi connectivity index (χ0v) is 8.73. The molecule has 0 saturated heterocycles. The van der Waals surface area contributed by atoms with Gasteiger partial charge in [-0.15, -0.1) is 0 Å². The smallest absolute Gasteiger partial charge is 0.130 e. The normalized spacial score (nSPS) is 12.9. The van der Waals surface area contributed by atoms with E-state index in [4.69, 9.17) is 0 Å². The molecule has 1 nitrogen and oxygen atoms in total. The van der Waals surface area contributed by atoms with Gasteiger partial charge in [0.15, 0.2) is 0 Å². The fourth-order valence-corrected chi connectivity index (χ4v) is 1.51. The Labute approximate surface area is 76.6 Å². The number of rotatable bonds is 7. The molecule has 72 valence electrons. The van der Waals surface area contributed by atoms with Gasteiger partial charge in [-0.05, 0) is 12.8 Å². The maximum Gasteiger partial charge on any atom is 0.130 e. The second kappa shape index (κ2) is 7.33. The first-order valence-electron chi connectivity index (χ1n) is 5.16. The summed E-state index contributed by atoms with van der Waals surface area (Å²) in [7, 11) is 0. The monoisotopic (exact) mass is 170 g/mol. The predicted molar refractivity (Wildman–Crippen MR) is 53.2 cm³/mol. The fourth-order valence-electron chi connectivity index (χ4n) is 1.51. The summed E-state index contributed by atoms with van der Waals surface area (Å²) in [5.41, 5.74) is 0. The average Bonchev–Trinajstić information content (AvgIpc) is 1.97. The van der Waals surface area contributed by atoms with Crippen molar-refractivity contribution in [3.05, 3.63) is 0 Å². The molecular formula is C11H22O. The van der Waals surface area contributed by atoms with E-state index in [0.29, 0.717) is 11.7 Å². The zero-order chi connectivity index (χ0) is 9.40. The highest BCUT2D eigenvalue weighted by Gasteiger charge is 2.03. The molecule has 0 aliphatic rings. The summed E-state index contributed by atoms with van der Waals surface area (Å²) >= 11 is 0. The number of hydrogen-bond acceptors (Lipinski definition) is 1. The Balaban J connectivity index is 3.19. The van der Waals surface area contributed by atoms with E-state index in [-0.39, 0.29) is 0 Å². The van der Waals surface area contributed by atoms with Gasteiger partial charge in [-0.3, -0.25) is 0 Å². The topological polar surface area (TPSA) is 17.1 Å². The van der Waals surface area contributed by atoms with Crippen LogP contribution in [0.3, 0.4) is 0 Å². The van der Waals surface area contributed by atoms with Crippen molar-refractivity contribution in [3.63, 3.8) is 0 Å². The minimum Gasteiger partial charge on any atom is -0.300 e. The summed E-state index contributed by atoms with van der Waals surface area (Å²) < 4.78 is 0. The van der Waals surface area contributed by atoms with Gasteiger partial charge in [0.1, 0.15) is 5.78 Å². The van der Waals surface area contributed by atoms with Crippen LogP contribution in [0.5, 0.6) is 0 Å². The lowest BCUT2D eigenvalue weighted by molar-refractivity contribution is -0.117. The first-order valence-corrected chi connectivity index (χ1v) is 5.16. The second-order valence-electron chi connectivity index (χ2n) is 3.86. The van der Waals surface area contributed by atoms with Crippen LogP contribution in [0.2, 0.25) is 0 Å². The average molecular weight is 170 g/mol. The lowest BCUT2D eigenvalue weighted by Gasteiger charge is -2.07. The van der Waals surface area contributed by atoms with Crippen LogP contribution in [-0.2, 0) is 4.79 Å². The summed E-state index contributed by atoms with van der Waals surface area (Å²) in [6.07, 6.45) is 7.25. The standard InChI is InChI=1S/C11H22O/c1-4-5-6-7-8-10(2)9-11(3)12/h10H,4-9H2,1-3H3. The van der Waals surface area contributed by atoms with Crippen molar-refractivity contribution in [2.75, 3.05) is 0 Å². The van der Waals surface area contributed by atoms with Crippen LogP contribution in [0.1, 0.15) is 59.3 Å². The molecule has 0 amide bonds. The number of ketones is 1. The molecule has 0 saturated carbocycles. The minimum absolute atomic E-state index is 0.331. The third-order valence-electron chi connectivity index (χ3n) is 2.19. The minimum atomic E-state index is 0.331. The Morgan fingerprint density at radius 1 is 1.25 bits per heavy atom. The van der Waals surface area contributed by atoms with Crippen LogP contribution in [0, 0.1) is 5.92 Å². The van der Waals surface area contributed by atoms with Gasteiger partial charge in [0.2, 0.25) is 0 Å². The van der Waals surface area contributed by atoms with Gasteiger partial charge in [0, 0.05) is 6.42 Å². The van der Waals surface area contributed by atoms with E-state index in [2.05, 4.69) is 13.8 Å². The number of carbonyl (C=O) groups excluding carboxylic acids is 1. The first-order chi connectivity index (χ1) is 5.66. The van der Waals surface area contributed by atoms with Crippen LogP contribution in [0.25, 0.3) is 0 Å². The molecule has 0 aromatic rings. The highest BCUT2D eigenvalue weighted by Crippen LogP contribution is 2.13. The van der Waals surface area contributed by atoms with Crippen molar-refractivity contribution in [2.24, 2.45) is 5.92 Å². The summed E-state index contributed by atoms with van der Waals surface area (Å²) in [5, 5.41) is 0. The second-order valence-corrected chi connectivity index (χ2v) is 3.86. The Hall–Kier alpha value is -0.330. The van der Waals surface area contributed by atoms with Crippen LogP contribution in [-0.4, -0.2) is 5.78 Å². The molecule has 1 unspecified atom stereocenters. The van der Waals surface area contributed by atoms with Crippen molar-refractivity contribution in [3.8, 4) is 0 Å². The van der Waals surface area contributed by atoms with Crippen LogP contribution >= 0.6 is 0 Å². The first kappa shape index (κ1) is 11.7. The molecule has 0 fully saturated rings. The molecule has 0 aromatic carbocycles. The van der Waals surface area contributed by atoms with Gasteiger partial charge >= 0.3 is 0 Å². The maximum absolute atomic E-state index is 10.7. The molecule has 0 aliphatic carbocycles. The van der Waals surface area contributed by atoms with Crippen molar-refractivity contribution in [1.82, 2.24) is 0 Å². The lowest BCUT2D eigenvalue weighted by atomic mass is 9.98. The van der Waals surface area contributed by atoms with Crippen LogP contribution in [0.15, 0.2) is 0 Å². The van der Waals surface area contributed by atoms with E-state index in [9.17, 15) is 4.79 Å². The molecule has 0 spiro atoms. The summed E-state index contributed by atoms with van der Waals surface area (Å²) in [6, 6.07) is 0. The molecule has 0 N–H and O–H groups in total. The summed E-state index contributed by atoms with van der Waals surface area (Å²) in [5.74, 6) is 0.928. The Kier molecular flexibility index (Phi) is 7.12. The zero-order valence-electron chi connectivity index (χ0n) is 8.73. The quantitative estimate of drug-likeness (QED) is 0.534. The molecule has 12 heavy (non-hydrogen) atoms. The molecule has 0 heterocycles. The molecule has 0 radical (unpaired) electrons. The van der Waals surface area contributed by atoms with E-state index in [1.54, 1.807) is 6.92 Å². The van der Waals surface area contributed by atoms with Crippen molar-refractivity contribution in [2.45, 2.75) is 59.3 Å². The highest BCUT2D eigenvalue weighted by atomic mass is 16.1. The Morgan fingerprint density at radius 2 is 1.92 bits per heavy atom. The molecule has 0 aromatic heterocycles. The van der Waals surface area contributed by atoms with Crippen LogP contribution < -0.4 is 0 Å². The molecule has 1 atom stereocenters. The SMILES string of the molecule is CCCCCCC(C)CC(C)=O. The fraction of sp³-hybridized carbons (Fsp3) is 0.909. The predicted octanol–water partition coefficient (Wildman–Crippen LogP) is 3.57. The number of Topliss-reactive ketones (excluding diaryl/α,β-unsaturated/α-hetero) is 1. The number of carbonyl (C=O) groups is 1. The van der Waals surface area contributed by atoms with Crippen molar-refractivity contribution >= 4 is 5.78 Å². The van der Waals surface area contributed by atoms with E-state index in [1.807, 2.05) is 0 Å². The Morgan fingerprint density at radius 3 is 2.42 bits per heavy atom. The van der Waals surface area contributed by atoms with Gasteiger partial charge in [0.05, 0.1) is 0 Å². The van der Waals surface area contributed by atoms with Gasteiger partial charge in [-0.25, -0.2) is 0 Å². The van der Waals surface area contributed by atoms with Gasteiger partial charge in [-0.2, -0.15) is 0 Å². The van der Waals surface area contributed by atoms with E-state index in [1.165, 1.54) is 32.1 Å². The van der Waals surface area contributed by atoms with Gasteiger partial charge in [-0.1, -0.05) is 46.0 Å².